The molecule has 0 radical (unpaired) electrons. The second-order valence-electron chi connectivity index (χ2n) is 6.20. The fourth-order valence-electron chi connectivity index (χ4n) is 3.14. The first kappa shape index (κ1) is 17.2. The summed E-state index contributed by atoms with van der Waals surface area (Å²) in [4.78, 5) is 16.2. The third kappa shape index (κ3) is 2.93. The van der Waals surface area contributed by atoms with Crippen LogP contribution in [0, 0.1) is 11.6 Å². The van der Waals surface area contributed by atoms with Gasteiger partial charge >= 0.3 is 0 Å². The standard InChI is InChI=1S/C17H15F2N7O/c1-11(26-10-23-15-5-20-7-22-16(15)26)17(27,6-25-9-21-8-24-25)13-3-2-12(18)4-14(13)19/h2-5,7-11,27H,6H2,1H3/t11-,17-/m1/s1. The van der Waals surface area contributed by atoms with Gasteiger partial charge in [0.2, 0.25) is 0 Å². The molecule has 138 valence electrons. The Morgan fingerprint density at radius 1 is 1.15 bits per heavy atom. The molecule has 0 aliphatic carbocycles. The first-order valence-corrected chi connectivity index (χ1v) is 8.12. The molecule has 4 aromatic rings. The summed E-state index contributed by atoms with van der Waals surface area (Å²) in [7, 11) is 0. The fraction of sp³-hybridized carbons (Fsp3) is 0.235. The van der Waals surface area contributed by atoms with Crippen molar-refractivity contribution in [1.82, 2.24) is 34.3 Å². The van der Waals surface area contributed by atoms with Gasteiger partial charge in [-0.2, -0.15) is 5.10 Å². The van der Waals surface area contributed by atoms with Crippen LogP contribution in [-0.2, 0) is 12.1 Å². The van der Waals surface area contributed by atoms with Crippen molar-refractivity contribution < 1.29 is 13.9 Å². The Morgan fingerprint density at radius 3 is 2.74 bits per heavy atom. The van der Waals surface area contributed by atoms with Crippen molar-refractivity contribution in [3.05, 3.63) is 66.9 Å². The highest BCUT2D eigenvalue weighted by molar-refractivity contribution is 5.69. The lowest BCUT2D eigenvalue weighted by atomic mass is 9.86. The van der Waals surface area contributed by atoms with E-state index in [9.17, 15) is 13.9 Å². The topological polar surface area (TPSA) is 94.5 Å². The molecule has 1 N–H and O–H groups in total. The molecule has 0 unspecified atom stereocenters. The summed E-state index contributed by atoms with van der Waals surface area (Å²) in [6.07, 6.45) is 7.12. The third-order valence-electron chi connectivity index (χ3n) is 4.61. The van der Waals surface area contributed by atoms with Gasteiger partial charge in [0.15, 0.2) is 5.65 Å². The number of hydrogen-bond acceptors (Lipinski definition) is 6. The molecule has 3 heterocycles. The van der Waals surface area contributed by atoms with E-state index < -0.39 is 23.3 Å². The van der Waals surface area contributed by atoms with E-state index >= 15 is 0 Å². The lowest BCUT2D eigenvalue weighted by Gasteiger charge is -2.35. The Hall–Kier alpha value is -3.27. The predicted octanol–water partition coefficient (Wildman–Crippen LogP) is 1.84. The van der Waals surface area contributed by atoms with Crippen LogP contribution < -0.4 is 0 Å². The molecule has 2 atom stereocenters. The predicted molar refractivity (Wildman–Crippen MR) is 90.3 cm³/mol. The Morgan fingerprint density at radius 2 is 2.00 bits per heavy atom. The Balaban J connectivity index is 1.86. The maximum absolute atomic E-state index is 14.6. The molecule has 1 aromatic carbocycles. The normalized spacial score (nSPS) is 15.0. The monoisotopic (exact) mass is 371 g/mol. The molecular weight excluding hydrogens is 356 g/mol. The summed E-state index contributed by atoms with van der Waals surface area (Å²) in [6.45, 7) is 1.59. The van der Waals surface area contributed by atoms with Gasteiger partial charge in [-0.25, -0.2) is 33.4 Å². The molecule has 27 heavy (non-hydrogen) atoms. The quantitative estimate of drug-likeness (QED) is 0.575. The molecule has 0 saturated carbocycles. The Labute approximate surface area is 152 Å². The first-order valence-electron chi connectivity index (χ1n) is 8.12. The van der Waals surface area contributed by atoms with Crippen molar-refractivity contribution in [2.75, 3.05) is 0 Å². The van der Waals surface area contributed by atoms with Crippen LogP contribution in [0.25, 0.3) is 11.2 Å². The summed E-state index contributed by atoms with van der Waals surface area (Å²) in [6, 6.07) is 2.35. The van der Waals surface area contributed by atoms with Gasteiger partial charge in [-0.05, 0) is 13.0 Å². The molecule has 0 aliphatic rings. The number of benzene rings is 1. The molecule has 0 saturated heterocycles. The van der Waals surface area contributed by atoms with Crippen molar-refractivity contribution in [3.8, 4) is 0 Å². The zero-order chi connectivity index (χ0) is 19.0. The summed E-state index contributed by atoms with van der Waals surface area (Å²) in [5.74, 6) is -1.59. The molecule has 0 spiro atoms. The van der Waals surface area contributed by atoms with Crippen LogP contribution in [0.15, 0.2) is 49.7 Å². The lowest BCUT2D eigenvalue weighted by Crippen LogP contribution is -2.40. The fourth-order valence-corrected chi connectivity index (χ4v) is 3.14. The van der Waals surface area contributed by atoms with E-state index in [2.05, 4.69) is 25.0 Å². The van der Waals surface area contributed by atoms with Gasteiger partial charge in [-0.1, -0.05) is 6.07 Å². The number of halogens is 2. The van der Waals surface area contributed by atoms with Gasteiger partial charge in [0.25, 0.3) is 0 Å². The van der Waals surface area contributed by atoms with E-state index in [0.717, 1.165) is 12.1 Å². The molecular formula is C17H15F2N7O. The molecule has 10 heteroatoms. The van der Waals surface area contributed by atoms with Crippen molar-refractivity contribution in [3.63, 3.8) is 0 Å². The summed E-state index contributed by atoms with van der Waals surface area (Å²) in [5, 5.41) is 15.6. The van der Waals surface area contributed by atoms with Crippen LogP contribution in [0.4, 0.5) is 8.78 Å². The van der Waals surface area contributed by atoms with E-state index in [1.165, 1.54) is 36.1 Å². The van der Waals surface area contributed by atoms with E-state index in [4.69, 9.17) is 0 Å². The molecule has 0 bridgehead atoms. The third-order valence-corrected chi connectivity index (χ3v) is 4.61. The van der Waals surface area contributed by atoms with Crippen LogP contribution in [0.1, 0.15) is 18.5 Å². The maximum Gasteiger partial charge on any atom is 0.163 e. The number of nitrogens with zero attached hydrogens (tertiary/aromatic N) is 7. The van der Waals surface area contributed by atoms with Gasteiger partial charge in [0.05, 0.1) is 25.1 Å². The number of aliphatic hydroxyl groups is 1. The van der Waals surface area contributed by atoms with Crippen LogP contribution in [0.2, 0.25) is 0 Å². The zero-order valence-corrected chi connectivity index (χ0v) is 14.2. The second-order valence-corrected chi connectivity index (χ2v) is 6.20. The average molecular weight is 371 g/mol. The highest BCUT2D eigenvalue weighted by Gasteiger charge is 2.41. The van der Waals surface area contributed by atoms with Gasteiger partial charge in [-0.3, -0.25) is 0 Å². The number of rotatable bonds is 5. The molecule has 0 fully saturated rings. The molecule has 4 rings (SSSR count). The van der Waals surface area contributed by atoms with Crippen molar-refractivity contribution in [1.29, 1.82) is 0 Å². The van der Waals surface area contributed by atoms with Gasteiger partial charge in [0.1, 0.15) is 41.7 Å². The summed E-state index contributed by atoms with van der Waals surface area (Å²) < 4.78 is 31.0. The van der Waals surface area contributed by atoms with Gasteiger partial charge < -0.3 is 9.67 Å². The Bertz CT molecular complexity index is 1080. The van der Waals surface area contributed by atoms with Crippen molar-refractivity contribution >= 4 is 11.2 Å². The number of aromatic nitrogens is 7. The van der Waals surface area contributed by atoms with Gasteiger partial charge in [-0.15, -0.1) is 0 Å². The Kier molecular flexibility index (Phi) is 4.11. The molecule has 0 aliphatic heterocycles. The number of hydrogen-bond donors (Lipinski definition) is 1. The minimum atomic E-state index is -1.79. The van der Waals surface area contributed by atoms with Crippen molar-refractivity contribution in [2.24, 2.45) is 0 Å². The van der Waals surface area contributed by atoms with E-state index in [1.807, 2.05) is 0 Å². The van der Waals surface area contributed by atoms with Crippen LogP contribution in [-0.4, -0.2) is 39.4 Å². The molecule has 8 nitrogen and oxygen atoms in total. The average Bonchev–Trinajstić information content (AvgIpc) is 3.30. The maximum atomic E-state index is 14.6. The van der Waals surface area contributed by atoms with Crippen LogP contribution >= 0.6 is 0 Å². The molecule has 0 amide bonds. The minimum Gasteiger partial charge on any atom is -0.381 e. The highest BCUT2D eigenvalue weighted by atomic mass is 19.1. The largest absolute Gasteiger partial charge is 0.381 e. The summed E-state index contributed by atoms with van der Waals surface area (Å²) in [5.41, 5.74) is -0.837. The number of fused-ring (bicyclic) bond motifs is 1. The minimum absolute atomic E-state index is 0.0668. The van der Waals surface area contributed by atoms with Crippen molar-refractivity contribution in [2.45, 2.75) is 25.1 Å². The first-order chi connectivity index (χ1) is 13.0. The van der Waals surface area contributed by atoms with E-state index in [1.54, 1.807) is 17.7 Å². The SMILES string of the molecule is C[C@@H](n1cnc2cncnc21)[C@](O)(Cn1cncn1)c1ccc(F)cc1F. The number of imidazole rings is 1. The highest BCUT2D eigenvalue weighted by Crippen LogP contribution is 2.37. The lowest BCUT2D eigenvalue weighted by molar-refractivity contribution is -0.0320. The van der Waals surface area contributed by atoms with Gasteiger partial charge in [0, 0.05) is 11.6 Å². The molecule has 3 aromatic heterocycles. The van der Waals surface area contributed by atoms with E-state index in [0.29, 0.717) is 11.2 Å². The van der Waals surface area contributed by atoms with E-state index in [-0.39, 0.29) is 12.1 Å². The second kappa shape index (κ2) is 6.47. The summed E-state index contributed by atoms with van der Waals surface area (Å²) >= 11 is 0. The smallest absolute Gasteiger partial charge is 0.163 e. The van der Waals surface area contributed by atoms with Crippen LogP contribution in [0.3, 0.4) is 0 Å². The zero-order valence-electron chi connectivity index (χ0n) is 14.2. The van der Waals surface area contributed by atoms with Crippen LogP contribution in [0.5, 0.6) is 0 Å².